The van der Waals surface area contributed by atoms with Crippen LogP contribution < -0.4 is 14.2 Å². The first-order valence-electron chi connectivity index (χ1n) is 5.90. The Bertz CT molecular complexity index is 625. The van der Waals surface area contributed by atoms with Gasteiger partial charge in [-0.15, -0.1) is 0 Å². The molecule has 0 amide bonds. The fourth-order valence-electron chi connectivity index (χ4n) is 1.57. The number of carboxylic acids is 1. The van der Waals surface area contributed by atoms with Crippen molar-refractivity contribution in [1.82, 2.24) is 4.72 Å². The van der Waals surface area contributed by atoms with Gasteiger partial charge in [-0.05, 0) is 13.0 Å². The molecule has 0 saturated heterocycles. The lowest BCUT2D eigenvalue weighted by molar-refractivity contribution is 0.0692. The van der Waals surface area contributed by atoms with E-state index in [4.69, 9.17) is 19.7 Å². The average molecular weight is 319 g/mol. The number of aliphatic hydroxyl groups excluding tert-OH is 1. The molecule has 0 aliphatic heterocycles. The molecule has 0 aliphatic rings. The van der Waals surface area contributed by atoms with Crippen molar-refractivity contribution in [2.45, 2.75) is 17.9 Å². The van der Waals surface area contributed by atoms with E-state index in [0.717, 1.165) is 12.1 Å². The molecule has 1 atom stereocenters. The maximum absolute atomic E-state index is 12.1. The Morgan fingerprint density at radius 1 is 1.33 bits per heavy atom. The van der Waals surface area contributed by atoms with E-state index in [2.05, 4.69) is 4.72 Å². The normalized spacial score (nSPS) is 12.8. The molecule has 0 saturated carbocycles. The molecule has 1 rings (SSSR count). The van der Waals surface area contributed by atoms with E-state index in [1.165, 1.54) is 21.1 Å². The minimum absolute atomic E-state index is 0.0187. The quantitative estimate of drug-likeness (QED) is 0.649. The van der Waals surface area contributed by atoms with E-state index in [-0.39, 0.29) is 28.5 Å². The van der Waals surface area contributed by atoms with Gasteiger partial charge in [-0.2, -0.15) is 0 Å². The van der Waals surface area contributed by atoms with Crippen LogP contribution in [0.3, 0.4) is 0 Å². The number of rotatable bonds is 7. The van der Waals surface area contributed by atoms with Crippen molar-refractivity contribution >= 4 is 16.0 Å². The lowest BCUT2D eigenvalue weighted by Gasteiger charge is -2.14. The molecule has 0 fully saturated rings. The summed E-state index contributed by atoms with van der Waals surface area (Å²) in [5, 5.41) is 18.3. The van der Waals surface area contributed by atoms with Gasteiger partial charge in [0.15, 0.2) is 11.5 Å². The van der Waals surface area contributed by atoms with Crippen LogP contribution in [-0.2, 0) is 10.0 Å². The summed E-state index contributed by atoms with van der Waals surface area (Å²) in [6, 6.07) is 2.11. The molecule has 0 spiro atoms. The summed E-state index contributed by atoms with van der Waals surface area (Å²) in [7, 11) is -1.46. The molecule has 3 N–H and O–H groups in total. The SMILES string of the molecule is COc1cc(S(=O)(=O)NC[C@H](C)O)cc(C(=O)O)c1OC. The zero-order valence-electron chi connectivity index (χ0n) is 11.8. The van der Waals surface area contributed by atoms with Crippen molar-refractivity contribution in [1.29, 1.82) is 0 Å². The summed E-state index contributed by atoms with van der Waals surface area (Å²) in [5.74, 6) is -1.44. The number of carbonyl (C=O) groups is 1. The first kappa shape index (κ1) is 17.2. The average Bonchev–Trinajstić information content (AvgIpc) is 2.43. The second kappa shape index (κ2) is 6.74. The summed E-state index contributed by atoms with van der Waals surface area (Å²) in [5.41, 5.74) is -0.339. The number of carboxylic acid groups (broad SMARTS) is 1. The van der Waals surface area contributed by atoms with E-state index in [1.54, 1.807) is 0 Å². The molecule has 9 heteroatoms. The molecule has 0 unspecified atom stereocenters. The first-order valence-corrected chi connectivity index (χ1v) is 7.38. The third-order valence-electron chi connectivity index (χ3n) is 2.56. The zero-order valence-corrected chi connectivity index (χ0v) is 12.6. The minimum Gasteiger partial charge on any atom is -0.493 e. The Morgan fingerprint density at radius 2 is 1.95 bits per heavy atom. The van der Waals surface area contributed by atoms with Crippen molar-refractivity contribution in [3.05, 3.63) is 17.7 Å². The lowest BCUT2D eigenvalue weighted by Crippen LogP contribution is -2.30. The zero-order chi connectivity index (χ0) is 16.2. The number of aromatic carboxylic acids is 1. The summed E-state index contributed by atoms with van der Waals surface area (Å²) < 4.78 is 36.2. The highest BCUT2D eigenvalue weighted by Crippen LogP contribution is 2.34. The maximum atomic E-state index is 12.1. The second-order valence-electron chi connectivity index (χ2n) is 4.21. The number of sulfonamides is 1. The Hall–Kier alpha value is -1.84. The van der Waals surface area contributed by atoms with Gasteiger partial charge in [0.25, 0.3) is 0 Å². The van der Waals surface area contributed by atoms with Gasteiger partial charge in [-0.3, -0.25) is 0 Å². The van der Waals surface area contributed by atoms with E-state index >= 15 is 0 Å². The molecule has 1 aromatic carbocycles. The summed E-state index contributed by atoms with van der Waals surface area (Å²) in [6.45, 7) is 1.22. The third kappa shape index (κ3) is 4.06. The summed E-state index contributed by atoms with van der Waals surface area (Å²) >= 11 is 0. The van der Waals surface area contributed by atoms with Gasteiger partial charge in [0, 0.05) is 12.6 Å². The molecular weight excluding hydrogens is 302 g/mol. The van der Waals surface area contributed by atoms with Gasteiger partial charge in [-0.1, -0.05) is 0 Å². The Labute approximate surface area is 122 Å². The van der Waals surface area contributed by atoms with Crippen LogP contribution in [0.5, 0.6) is 11.5 Å². The van der Waals surface area contributed by atoms with Gasteiger partial charge >= 0.3 is 5.97 Å². The fourth-order valence-corrected chi connectivity index (χ4v) is 2.73. The topological polar surface area (TPSA) is 122 Å². The van der Waals surface area contributed by atoms with E-state index in [0.29, 0.717) is 0 Å². The van der Waals surface area contributed by atoms with Crippen LogP contribution in [-0.4, -0.2) is 51.5 Å². The smallest absolute Gasteiger partial charge is 0.339 e. The molecule has 0 aliphatic carbocycles. The molecule has 8 nitrogen and oxygen atoms in total. The molecule has 0 bridgehead atoms. The van der Waals surface area contributed by atoms with Crippen molar-refractivity contribution in [3.8, 4) is 11.5 Å². The van der Waals surface area contributed by atoms with Gasteiger partial charge in [0.1, 0.15) is 5.56 Å². The largest absolute Gasteiger partial charge is 0.493 e. The van der Waals surface area contributed by atoms with Crippen LogP contribution in [0, 0.1) is 0 Å². The van der Waals surface area contributed by atoms with Crippen LogP contribution in [0.15, 0.2) is 17.0 Å². The number of aliphatic hydroxyl groups is 1. The lowest BCUT2D eigenvalue weighted by atomic mass is 10.2. The molecular formula is C12H17NO7S. The molecule has 0 heterocycles. The van der Waals surface area contributed by atoms with Crippen LogP contribution in [0.2, 0.25) is 0 Å². The van der Waals surface area contributed by atoms with E-state index < -0.39 is 22.1 Å². The van der Waals surface area contributed by atoms with Gasteiger partial charge in [0.2, 0.25) is 10.0 Å². The maximum Gasteiger partial charge on any atom is 0.339 e. The van der Waals surface area contributed by atoms with E-state index in [1.807, 2.05) is 0 Å². The highest BCUT2D eigenvalue weighted by atomic mass is 32.2. The summed E-state index contributed by atoms with van der Waals surface area (Å²) in [4.78, 5) is 10.9. The van der Waals surface area contributed by atoms with Crippen LogP contribution in [0.25, 0.3) is 0 Å². The van der Waals surface area contributed by atoms with Crippen molar-refractivity contribution in [2.24, 2.45) is 0 Å². The third-order valence-corrected chi connectivity index (χ3v) is 3.96. The standard InChI is InChI=1S/C12H17NO7S/c1-7(14)6-13-21(17,18)8-4-9(12(15)16)11(20-3)10(5-8)19-2/h4-5,7,13-14H,6H2,1-3H3,(H,15,16)/t7-/m0/s1. The predicted molar refractivity (Wildman–Crippen MR) is 73.4 cm³/mol. The van der Waals surface area contributed by atoms with Crippen molar-refractivity contribution in [3.63, 3.8) is 0 Å². The van der Waals surface area contributed by atoms with Gasteiger partial charge in [0.05, 0.1) is 25.2 Å². The second-order valence-corrected chi connectivity index (χ2v) is 5.98. The van der Waals surface area contributed by atoms with Crippen LogP contribution in [0.1, 0.15) is 17.3 Å². The number of benzene rings is 1. The Morgan fingerprint density at radius 3 is 2.38 bits per heavy atom. The number of hydrogen-bond donors (Lipinski definition) is 3. The molecule has 0 radical (unpaired) electrons. The monoisotopic (exact) mass is 319 g/mol. The predicted octanol–water partition coefficient (Wildman–Crippen LogP) is 0.0611. The highest BCUT2D eigenvalue weighted by molar-refractivity contribution is 7.89. The number of ether oxygens (including phenoxy) is 2. The molecule has 21 heavy (non-hydrogen) atoms. The Kier molecular flexibility index (Phi) is 5.53. The summed E-state index contributed by atoms with van der Waals surface area (Å²) in [6.07, 6.45) is -0.876. The fraction of sp³-hybridized carbons (Fsp3) is 0.417. The van der Waals surface area contributed by atoms with Gasteiger partial charge in [-0.25, -0.2) is 17.9 Å². The highest BCUT2D eigenvalue weighted by Gasteiger charge is 2.23. The van der Waals surface area contributed by atoms with Gasteiger partial charge < -0.3 is 19.7 Å². The number of methoxy groups -OCH3 is 2. The van der Waals surface area contributed by atoms with Crippen molar-refractivity contribution in [2.75, 3.05) is 20.8 Å². The minimum atomic E-state index is -3.98. The molecule has 118 valence electrons. The molecule has 0 aromatic heterocycles. The van der Waals surface area contributed by atoms with E-state index in [9.17, 15) is 13.2 Å². The van der Waals surface area contributed by atoms with Crippen LogP contribution in [0.4, 0.5) is 0 Å². The Balaban J connectivity index is 3.38. The first-order chi connectivity index (χ1) is 9.72. The number of nitrogens with one attached hydrogen (secondary N) is 1. The number of hydrogen-bond acceptors (Lipinski definition) is 6. The van der Waals surface area contributed by atoms with Crippen LogP contribution >= 0.6 is 0 Å². The molecule has 1 aromatic rings. The van der Waals surface area contributed by atoms with Crippen molar-refractivity contribution < 1.29 is 32.9 Å².